The third kappa shape index (κ3) is 6.29. The van der Waals surface area contributed by atoms with Gasteiger partial charge >= 0.3 is 12.1 Å². The van der Waals surface area contributed by atoms with Crippen LogP contribution in [-0.2, 0) is 19.4 Å². The lowest BCUT2D eigenvalue weighted by Crippen LogP contribution is -2.48. The molecule has 1 heterocycles. The number of H-pyrrole nitrogens is 1. The molecule has 16 heteroatoms. The number of carbonyl (C=O) groups is 2. The molecule has 0 aliphatic carbocycles. The smallest absolute Gasteiger partial charge is 0.383 e. The highest BCUT2D eigenvalue weighted by Gasteiger charge is 2.45. The topological polar surface area (TPSA) is 121 Å². The van der Waals surface area contributed by atoms with Gasteiger partial charge in [0.25, 0.3) is 5.91 Å². The number of nitrogens with zero attached hydrogens (tertiary/aromatic N) is 2. The molecule has 222 valence electrons. The van der Waals surface area contributed by atoms with Gasteiger partial charge < -0.3 is 10.1 Å². The molecule has 3 aromatic carbocycles. The fraction of sp³-hybridized carbons (Fsp3) is 0.192. The molecule has 0 bridgehead atoms. The molecule has 4 rings (SSSR count). The summed E-state index contributed by atoms with van der Waals surface area (Å²) in [6.45, 7) is 1.02. The Hall–Kier alpha value is -3.89. The minimum atomic E-state index is -5.27. The van der Waals surface area contributed by atoms with Gasteiger partial charge in [0.05, 0.1) is 39.2 Å². The van der Waals surface area contributed by atoms with Crippen LogP contribution in [0.5, 0.6) is 0 Å². The Morgan fingerprint density at radius 2 is 1.71 bits per heavy atom. The highest BCUT2D eigenvalue weighted by Crippen LogP contribution is 2.33. The second kappa shape index (κ2) is 11.8. The van der Waals surface area contributed by atoms with Crippen molar-refractivity contribution in [3.8, 4) is 0 Å². The lowest BCUT2D eigenvalue weighted by atomic mass is 10.1. The Morgan fingerprint density at radius 1 is 1.05 bits per heavy atom. The number of hydrogen-bond donors (Lipinski definition) is 2. The second-order valence-corrected chi connectivity index (χ2v) is 11.8. The summed E-state index contributed by atoms with van der Waals surface area (Å²) in [5.74, 6) is -5.61. The van der Waals surface area contributed by atoms with Crippen molar-refractivity contribution in [1.29, 1.82) is 0 Å². The molecule has 0 aliphatic rings. The predicted molar refractivity (Wildman–Crippen MR) is 145 cm³/mol. The molecule has 9 nitrogen and oxygen atoms in total. The third-order valence-electron chi connectivity index (χ3n) is 6.00. The standard InChI is InChI=1S/C26H20BrF5N4O5S/c1-13(12-41-2)36(25(38)26(30,31)32)22-7-14(27)3-5-19(22)24(37)33-23-20-11-17(4-6-21(20)34-35-23)42(39,40)18-9-15(28)8-16(29)10-18/h3-11,13H,12H2,1-2H3,(H2,33,34,35,37). The molecule has 1 atom stereocenters. The summed E-state index contributed by atoms with van der Waals surface area (Å²) < 4.78 is 99.4. The van der Waals surface area contributed by atoms with Crippen LogP contribution in [-0.4, -0.2) is 56.4 Å². The number of aromatic amines is 1. The van der Waals surface area contributed by atoms with Crippen molar-refractivity contribution < 1.29 is 44.7 Å². The van der Waals surface area contributed by atoms with Crippen molar-refractivity contribution >= 4 is 60.0 Å². The lowest BCUT2D eigenvalue weighted by Gasteiger charge is -2.31. The maximum absolute atomic E-state index is 13.7. The van der Waals surface area contributed by atoms with Crippen molar-refractivity contribution in [2.45, 2.75) is 28.9 Å². The number of rotatable bonds is 8. The fourth-order valence-corrected chi connectivity index (χ4v) is 5.82. The van der Waals surface area contributed by atoms with Crippen LogP contribution in [0.2, 0.25) is 0 Å². The monoisotopic (exact) mass is 674 g/mol. The van der Waals surface area contributed by atoms with Gasteiger partial charge in [-0.1, -0.05) is 15.9 Å². The van der Waals surface area contributed by atoms with Gasteiger partial charge in [-0.05, 0) is 55.5 Å². The number of nitrogens with one attached hydrogen (secondary N) is 2. The molecule has 0 spiro atoms. The van der Waals surface area contributed by atoms with E-state index in [1.165, 1.54) is 32.2 Å². The summed E-state index contributed by atoms with van der Waals surface area (Å²) in [5, 5.41) is 9.02. The van der Waals surface area contributed by atoms with E-state index in [4.69, 9.17) is 4.74 Å². The first-order valence-electron chi connectivity index (χ1n) is 11.8. The highest BCUT2D eigenvalue weighted by molar-refractivity contribution is 9.10. The largest absolute Gasteiger partial charge is 0.471 e. The number of amides is 2. The summed E-state index contributed by atoms with van der Waals surface area (Å²) in [7, 11) is -3.17. The van der Waals surface area contributed by atoms with E-state index in [0.717, 1.165) is 18.2 Å². The Balaban J connectivity index is 1.76. The number of hydrogen-bond acceptors (Lipinski definition) is 6. The molecule has 2 amide bonds. The third-order valence-corrected chi connectivity index (χ3v) is 8.22. The molecule has 4 aromatic rings. The van der Waals surface area contributed by atoms with Gasteiger partial charge in [-0.25, -0.2) is 17.2 Å². The SMILES string of the molecule is COCC(C)N(C(=O)C(F)(F)F)c1cc(Br)ccc1C(=O)Nc1n[nH]c2ccc(S(=O)(=O)c3cc(F)cc(F)c3)cc12. The molecule has 0 saturated heterocycles. The average molecular weight is 675 g/mol. The lowest BCUT2D eigenvalue weighted by molar-refractivity contribution is -0.171. The van der Waals surface area contributed by atoms with Gasteiger partial charge in [0.2, 0.25) is 9.84 Å². The maximum atomic E-state index is 13.7. The number of aromatic nitrogens is 2. The second-order valence-electron chi connectivity index (χ2n) is 8.98. The van der Waals surface area contributed by atoms with Gasteiger partial charge in [-0.15, -0.1) is 0 Å². The predicted octanol–water partition coefficient (Wildman–Crippen LogP) is 5.62. The van der Waals surface area contributed by atoms with Crippen LogP contribution in [0, 0.1) is 11.6 Å². The summed E-state index contributed by atoms with van der Waals surface area (Å²) in [5.41, 5.74) is -0.466. The summed E-state index contributed by atoms with van der Waals surface area (Å²) in [6.07, 6.45) is -5.27. The van der Waals surface area contributed by atoms with E-state index in [0.29, 0.717) is 23.1 Å². The van der Waals surface area contributed by atoms with E-state index in [2.05, 4.69) is 31.4 Å². The Morgan fingerprint density at radius 3 is 2.33 bits per heavy atom. The average Bonchev–Trinajstić information content (AvgIpc) is 3.29. The first kappa shape index (κ1) is 31.1. The molecule has 0 fully saturated rings. The molecule has 0 aliphatic heterocycles. The van der Waals surface area contributed by atoms with Gasteiger partial charge in [0.1, 0.15) is 11.6 Å². The first-order chi connectivity index (χ1) is 19.6. The molecule has 2 N–H and O–H groups in total. The maximum Gasteiger partial charge on any atom is 0.471 e. The quantitative estimate of drug-likeness (QED) is 0.234. The molecule has 1 unspecified atom stereocenters. The van der Waals surface area contributed by atoms with Crippen molar-refractivity contribution in [1.82, 2.24) is 10.2 Å². The Labute approximate surface area is 243 Å². The van der Waals surface area contributed by atoms with Crippen molar-refractivity contribution in [2.24, 2.45) is 0 Å². The Bertz CT molecular complexity index is 1780. The molecular weight excluding hydrogens is 655 g/mol. The Kier molecular flexibility index (Phi) is 8.71. The van der Waals surface area contributed by atoms with E-state index in [1.807, 2.05) is 0 Å². The summed E-state index contributed by atoms with van der Waals surface area (Å²) >= 11 is 3.15. The number of methoxy groups -OCH3 is 1. The van der Waals surface area contributed by atoms with Crippen LogP contribution < -0.4 is 10.2 Å². The molecular formula is C26H20BrF5N4O5S. The zero-order valence-corrected chi connectivity index (χ0v) is 24.0. The number of sulfone groups is 1. The molecule has 1 aromatic heterocycles. The van der Waals surface area contributed by atoms with Crippen LogP contribution >= 0.6 is 15.9 Å². The molecule has 42 heavy (non-hydrogen) atoms. The number of fused-ring (bicyclic) bond motifs is 1. The number of halogens is 6. The minimum absolute atomic E-state index is 0.0657. The van der Waals surface area contributed by atoms with E-state index >= 15 is 0 Å². The van der Waals surface area contributed by atoms with Gasteiger partial charge in [0, 0.05) is 23.0 Å². The van der Waals surface area contributed by atoms with Gasteiger partial charge in [0.15, 0.2) is 5.82 Å². The van der Waals surface area contributed by atoms with Crippen molar-refractivity contribution in [3.05, 3.63) is 76.3 Å². The number of ether oxygens (including phenoxy) is 1. The van der Waals surface area contributed by atoms with Crippen molar-refractivity contribution in [2.75, 3.05) is 23.9 Å². The van der Waals surface area contributed by atoms with Crippen LogP contribution in [0.15, 0.2) is 68.9 Å². The number of alkyl halides is 3. The van der Waals surface area contributed by atoms with Crippen LogP contribution in [0.4, 0.5) is 33.5 Å². The molecule has 0 saturated carbocycles. The first-order valence-corrected chi connectivity index (χ1v) is 14.1. The van der Waals surface area contributed by atoms with E-state index < -0.39 is 50.4 Å². The van der Waals surface area contributed by atoms with Crippen LogP contribution in [0.3, 0.4) is 0 Å². The summed E-state index contributed by atoms with van der Waals surface area (Å²) in [4.78, 5) is 25.2. The summed E-state index contributed by atoms with van der Waals surface area (Å²) in [6, 6.07) is 7.97. The van der Waals surface area contributed by atoms with E-state index in [1.54, 1.807) is 0 Å². The van der Waals surface area contributed by atoms with Crippen molar-refractivity contribution in [3.63, 3.8) is 0 Å². The normalized spacial score (nSPS) is 12.8. The van der Waals surface area contributed by atoms with Crippen LogP contribution in [0.1, 0.15) is 17.3 Å². The highest BCUT2D eigenvalue weighted by atomic mass is 79.9. The minimum Gasteiger partial charge on any atom is -0.383 e. The zero-order valence-electron chi connectivity index (χ0n) is 21.6. The van der Waals surface area contributed by atoms with E-state index in [-0.39, 0.29) is 43.9 Å². The van der Waals surface area contributed by atoms with Gasteiger partial charge in [-0.3, -0.25) is 19.6 Å². The molecule has 0 radical (unpaired) electrons. The van der Waals surface area contributed by atoms with Crippen LogP contribution in [0.25, 0.3) is 10.9 Å². The zero-order chi connectivity index (χ0) is 31.0. The van der Waals surface area contributed by atoms with E-state index in [9.17, 15) is 40.0 Å². The van der Waals surface area contributed by atoms with Gasteiger partial charge in [-0.2, -0.15) is 18.3 Å². The number of anilines is 2. The fourth-order valence-electron chi connectivity index (χ4n) is 4.15. The number of benzene rings is 3. The number of carbonyl (C=O) groups excluding carboxylic acids is 2.